The Hall–Kier alpha value is -1.71. The Morgan fingerprint density at radius 2 is 0.833 bits per heavy atom. The average Bonchev–Trinajstić information content (AvgIpc) is 3.50. The molecule has 188 valence electrons. The Kier molecular flexibility index (Phi) is 7.23. The molecule has 3 fully saturated rings. The minimum atomic E-state index is -0.733. The Bertz CT molecular complexity index is 1230. The molecule has 3 aliphatic heterocycles. The number of ether oxygens (including phenoxy) is 6. The van der Waals surface area contributed by atoms with E-state index in [1.165, 1.54) is 0 Å². The van der Waals surface area contributed by atoms with Crippen LogP contribution in [-0.4, -0.2) is 37.6 Å². The van der Waals surface area contributed by atoms with E-state index in [-0.39, 0.29) is 13.2 Å². The third-order valence-electron chi connectivity index (χ3n) is 6.52. The highest BCUT2D eigenvalue weighted by atomic mass is 35.5. The fraction of sp³-hybridized carbons (Fsp3) is 0.333. The molecule has 3 aromatic rings. The average molecular weight is 550 g/mol. The quantitative estimate of drug-likeness (QED) is 0.363. The molecule has 0 spiro atoms. The molecule has 3 aliphatic rings. The largest absolute Gasteiger partial charge is 0.346 e. The Labute approximate surface area is 223 Å². The third-order valence-corrected chi connectivity index (χ3v) is 7.55. The number of fused-ring (bicyclic) bond motifs is 1. The lowest BCUT2D eigenvalue weighted by Crippen LogP contribution is -2.45. The van der Waals surface area contributed by atoms with E-state index in [4.69, 9.17) is 63.2 Å². The van der Waals surface area contributed by atoms with Gasteiger partial charge >= 0.3 is 0 Å². The van der Waals surface area contributed by atoms with E-state index in [2.05, 4.69) is 0 Å². The summed E-state index contributed by atoms with van der Waals surface area (Å²) in [5.41, 5.74) is 2.21. The van der Waals surface area contributed by atoms with Crippen LogP contribution in [0.15, 0.2) is 72.8 Å². The first-order valence-electron chi connectivity index (χ1n) is 11.7. The normalized spacial score (nSPS) is 32.2. The van der Waals surface area contributed by atoms with Gasteiger partial charge in [-0.1, -0.05) is 89.4 Å². The molecule has 0 amide bonds. The van der Waals surface area contributed by atoms with Crippen LogP contribution in [0.1, 0.15) is 35.6 Å². The van der Waals surface area contributed by atoms with Crippen LogP contribution < -0.4 is 0 Å². The van der Waals surface area contributed by atoms with Gasteiger partial charge in [-0.05, 0) is 18.2 Å². The molecule has 3 aromatic carbocycles. The van der Waals surface area contributed by atoms with E-state index in [1.54, 1.807) is 18.2 Å². The van der Waals surface area contributed by atoms with Gasteiger partial charge in [-0.3, -0.25) is 0 Å². The molecular weight excluding hydrogens is 527 g/mol. The molecule has 0 saturated carbocycles. The molecule has 9 heteroatoms. The summed E-state index contributed by atoms with van der Waals surface area (Å²) in [7, 11) is 0. The highest BCUT2D eigenvalue weighted by Crippen LogP contribution is 2.44. The lowest BCUT2D eigenvalue weighted by molar-refractivity contribution is -0.217. The summed E-state index contributed by atoms with van der Waals surface area (Å²) in [5.74, 6) is 0. The molecule has 0 radical (unpaired) electrons. The second-order valence-electron chi connectivity index (χ2n) is 8.78. The molecule has 7 atom stereocenters. The first kappa shape index (κ1) is 24.6. The molecule has 0 aliphatic carbocycles. The van der Waals surface area contributed by atoms with E-state index < -0.39 is 43.3 Å². The van der Waals surface area contributed by atoms with Gasteiger partial charge in [0.05, 0.1) is 13.2 Å². The van der Waals surface area contributed by atoms with Gasteiger partial charge in [-0.2, -0.15) is 0 Å². The fourth-order valence-electron chi connectivity index (χ4n) is 4.73. The van der Waals surface area contributed by atoms with Gasteiger partial charge in [-0.15, -0.1) is 0 Å². The second kappa shape index (κ2) is 10.6. The van der Waals surface area contributed by atoms with Crippen molar-refractivity contribution in [2.24, 2.45) is 0 Å². The molecule has 6 nitrogen and oxygen atoms in total. The van der Waals surface area contributed by atoms with Crippen LogP contribution >= 0.6 is 34.8 Å². The van der Waals surface area contributed by atoms with Crippen molar-refractivity contribution in [2.75, 3.05) is 13.2 Å². The van der Waals surface area contributed by atoms with Crippen LogP contribution in [0.2, 0.25) is 15.1 Å². The summed E-state index contributed by atoms with van der Waals surface area (Å²) in [6, 6.07) is 22.3. The van der Waals surface area contributed by atoms with Crippen LogP contribution in [0.25, 0.3) is 0 Å². The smallest absolute Gasteiger partial charge is 0.186 e. The van der Waals surface area contributed by atoms with Crippen molar-refractivity contribution >= 4 is 34.8 Å². The highest BCUT2D eigenvalue weighted by molar-refractivity contribution is 6.32. The topological polar surface area (TPSA) is 55.4 Å². The molecule has 0 aromatic heterocycles. The Balaban J connectivity index is 1.29. The zero-order chi connectivity index (χ0) is 24.6. The van der Waals surface area contributed by atoms with Crippen LogP contribution in [0, 0.1) is 0 Å². The van der Waals surface area contributed by atoms with Crippen LogP contribution in [0.3, 0.4) is 0 Å². The van der Waals surface area contributed by atoms with Crippen molar-refractivity contribution in [3.8, 4) is 0 Å². The van der Waals surface area contributed by atoms with Crippen LogP contribution in [0.4, 0.5) is 0 Å². The predicted molar refractivity (Wildman–Crippen MR) is 134 cm³/mol. The number of hydrogen-bond acceptors (Lipinski definition) is 6. The van der Waals surface area contributed by atoms with Crippen molar-refractivity contribution in [2.45, 2.75) is 43.3 Å². The molecule has 0 bridgehead atoms. The number of benzene rings is 3. The summed E-state index contributed by atoms with van der Waals surface area (Å²) in [6.45, 7) is 0.513. The van der Waals surface area contributed by atoms with Gasteiger partial charge in [-0.25, -0.2) is 0 Å². The molecule has 3 heterocycles. The Morgan fingerprint density at radius 3 is 1.31 bits per heavy atom. The SMILES string of the molecule is Clc1ccccc1C1OC[C@@H]2OC(c3ccccc3Cl)O[C@@H]2[C@H]([C@H]2COC(c3ccccc3Cl)O2)O1. The zero-order valence-corrected chi connectivity index (χ0v) is 21.2. The zero-order valence-electron chi connectivity index (χ0n) is 19.0. The molecule has 36 heavy (non-hydrogen) atoms. The van der Waals surface area contributed by atoms with Gasteiger partial charge in [0.15, 0.2) is 18.9 Å². The van der Waals surface area contributed by atoms with E-state index in [1.807, 2.05) is 54.6 Å². The maximum absolute atomic E-state index is 6.52. The van der Waals surface area contributed by atoms with Crippen molar-refractivity contribution in [3.05, 3.63) is 105 Å². The maximum Gasteiger partial charge on any atom is 0.186 e. The predicted octanol–water partition coefficient (Wildman–Crippen LogP) is 6.66. The van der Waals surface area contributed by atoms with Gasteiger partial charge in [0.2, 0.25) is 0 Å². The lowest BCUT2D eigenvalue weighted by Gasteiger charge is -2.29. The minimum absolute atomic E-state index is 0.236. The first-order chi connectivity index (χ1) is 17.6. The second-order valence-corrected chi connectivity index (χ2v) is 10.00. The van der Waals surface area contributed by atoms with Crippen molar-refractivity contribution in [1.82, 2.24) is 0 Å². The number of hydrogen-bond donors (Lipinski definition) is 0. The summed E-state index contributed by atoms with van der Waals surface area (Å²) in [6.07, 6.45) is -4.01. The van der Waals surface area contributed by atoms with Crippen LogP contribution in [-0.2, 0) is 28.4 Å². The molecular formula is C27H23Cl3O6. The van der Waals surface area contributed by atoms with E-state index in [0.717, 1.165) is 11.1 Å². The molecule has 3 unspecified atom stereocenters. The van der Waals surface area contributed by atoms with Gasteiger partial charge in [0, 0.05) is 31.8 Å². The summed E-state index contributed by atoms with van der Waals surface area (Å²) < 4.78 is 37.7. The standard InChI is InChI=1S/C27H23Cl3O6/c28-18-10-4-1-7-15(18)25-31-13-21(33-25)23-24-22(34-27(36-24)17-9-3-6-12-20(17)30)14-32-26(35-23)16-8-2-5-11-19(16)29/h1-12,21-27H,13-14H2/t21-,22+,23+,24+,25?,26?,27?/m1/s1. The number of rotatable bonds is 4. The third kappa shape index (κ3) is 4.78. The van der Waals surface area contributed by atoms with E-state index in [9.17, 15) is 0 Å². The Morgan fingerprint density at radius 1 is 0.472 bits per heavy atom. The molecule has 3 saturated heterocycles. The number of halogens is 3. The maximum atomic E-state index is 6.52. The molecule has 0 N–H and O–H groups in total. The van der Waals surface area contributed by atoms with E-state index >= 15 is 0 Å². The summed E-state index contributed by atoms with van der Waals surface area (Å²) >= 11 is 19.3. The van der Waals surface area contributed by atoms with Gasteiger partial charge < -0.3 is 28.4 Å². The summed E-state index contributed by atoms with van der Waals surface area (Å²) in [5, 5.41) is 1.67. The highest BCUT2D eigenvalue weighted by Gasteiger charge is 2.51. The van der Waals surface area contributed by atoms with Crippen LogP contribution in [0.5, 0.6) is 0 Å². The van der Waals surface area contributed by atoms with Crippen molar-refractivity contribution in [3.63, 3.8) is 0 Å². The monoisotopic (exact) mass is 548 g/mol. The first-order valence-corrected chi connectivity index (χ1v) is 12.8. The lowest BCUT2D eigenvalue weighted by atomic mass is 10.0. The van der Waals surface area contributed by atoms with Crippen molar-refractivity contribution < 1.29 is 28.4 Å². The summed E-state index contributed by atoms with van der Waals surface area (Å²) in [4.78, 5) is 0. The van der Waals surface area contributed by atoms with Crippen molar-refractivity contribution in [1.29, 1.82) is 0 Å². The minimum Gasteiger partial charge on any atom is -0.346 e. The van der Waals surface area contributed by atoms with Gasteiger partial charge in [0.25, 0.3) is 0 Å². The fourth-order valence-corrected chi connectivity index (χ4v) is 5.40. The van der Waals surface area contributed by atoms with E-state index in [0.29, 0.717) is 20.6 Å². The van der Waals surface area contributed by atoms with Gasteiger partial charge in [0.1, 0.15) is 24.4 Å². The molecule has 6 rings (SSSR count).